The van der Waals surface area contributed by atoms with Crippen LogP contribution in [0.4, 0.5) is 0 Å². The van der Waals surface area contributed by atoms with E-state index >= 15 is 0 Å². The lowest BCUT2D eigenvalue weighted by Gasteiger charge is -2.40. The van der Waals surface area contributed by atoms with E-state index in [1.807, 2.05) is 0 Å². The average molecular weight is 222 g/mol. The number of hydrogen-bond acceptors (Lipinski definition) is 2. The molecule has 2 aliphatic heterocycles. The molecular formula is C14H26N2. The first-order chi connectivity index (χ1) is 7.66. The molecule has 2 saturated heterocycles. The van der Waals surface area contributed by atoms with Gasteiger partial charge in [-0.15, -0.1) is 0 Å². The molecule has 2 heteroatoms. The Bertz CT molecular complexity index is 229. The van der Waals surface area contributed by atoms with E-state index in [-0.39, 0.29) is 0 Å². The van der Waals surface area contributed by atoms with Crippen LogP contribution in [0.2, 0.25) is 0 Å². The highest BCUT2D eigenvalue weighted by Crippen LogP contribution is 2.27. The summed E-state index contributed by atoms with van der Waals surface area (Å²) in [4.78, 5) is 2.69. The van der Waals surface area contributed by atoms with Gasteiger partial charge >= 0.3 is 0 Å². The monoisotopic (exact) mass is 222 g/mol. The molecule has 2 nitrogen and oxygen atoms in total. The van der Waals surface area contributed by atoms with Crippen LogP contribution >= 0.6 is 0 Å². The molecule has 0 bridgehead atoms. The number of piperidine rings is 2. The lowest BCUT2D eigenvalue weighted by Crippen LogP contribution is -2.48. The molecule has 0 radical (unpaired) electrons. The van der Waals surface area contributed by atoms with Crippen LogP contribution in [0.3, 0.4) is 0 Å². The van der Waals surface area contributed by atoms with E-state index < -0.39 is 0 Å². The number of nitrogens with zero attached hydrogens (tertiary/aromatic N) is 1. The maximum atomic E-state index is 4.00. The molecule has 2 heterocycles. The predicted octanol–water partition coefficient (Wildman–Crippen LogP) is 2.62. The first-order valence-corrected chi connectivity index (χ1v) is 6.82. The van der Waals surface area contributed by atoms with Gasteiger partial charge in [0.15, 0.2) is 0 Å². The van der Waals surface area contributed by atoms with Crippen molar-refractivity contribution in [3.05, 3.63) is 12.3 Å². The average Bonchev–Trinajstić information content (AvgIpc) is 2.30. The third-order valence-electron chi connectivity index (χ3n) is 4.40. The molecule has 1 unspecified atom stereocenters. The zero-order valence-electron chi connectivity index (χ0n) is 10.8. The van der Waals surface area contributed by atoms with Crippen LogP contribution in [-0.2, 0) is 0 Å². The van der Waals surface area contributed by atoms with Crippen LogP contribution in [0.25, 0.3) is 0 Å². The fraction of sp³-hybridized carbons (Fsp3) is 0.857. The van der Waals surface area contributed by atoms with Crippen molar-refractivity contribution in [3.8, 4) is 0 Å². The normalized spacial score (nSPS) is 29.4. The Morgan fingerprint density at radius 2 is 1.94 bits per heavy atom. The van der Waals surface area contributed by atoms with E-state index in [4.69, 9.17) is 0 Å². The van der Waals surface area contributed by atoms with Crippen molar-refractivity contribution >= 4 is 0 Å². The van der Waals surface area contributed by atoms with Crippen LogP contribution in [0, 0.1) is 11.8 Å². The highest BCUT2D eigenvalue weighted by molar-refractivity contribution is 4.99. The fourth-order valence-corrected chi connectivity index (χ4v) is 3.06. The van der Waals surface area contributed by atoms with Crippen molar-refractivity contribution in [1.82, 2.24) is 10.2 Å². The SMILES string of the molecule is C=C1CCC(N2CCC(C(C)C)CC2)CN1. The second-order valence-electron chi connectivity index (χ2n) is 5.79. The summed E-state index contributed by atoms with van der Waals surface area (Å²) in [6.07, 6.45) is 5.26. The van der Waals surface area contributed by atoms with E-state index in [9.17, 15) is 0 Å². The maximum Gasteiger partial charge on any atom is 0.0300 e. The van der Waals surface area contributed by atoms with Gasteiger partial charge in [-0.2, -0.15) is 0 Å². The Morgan fingerprint density at radius 1 is 1.25 bits per heavy atom. The molecule has 2 fully saturated rings. The van der Waals surface area contributed by atoms with Gasteiger partial charge in [0.05, 0.1) is 0 Å². The van der Waals surface area contributed by atoms with Gasteiger partial charge in [0, 0.05) is 18.3 Å². The van der Waals surface area contributed by atoms with Gasteiger partial charge in [0.1, 0.15) is 0 Å². The summed E-state index contributed by atoms with van der Waals surface area (Å²) in [6.45, 7) is 12.5. The molecule has 2 aliphatic rings. The lowest BCUT2D eigenvalue weighted by atomic mass is 9.86. The van der Waals surface area contributed by atoms with E-state index in [1.54, 1.807) is 0 Å². The van der Waals surface area contributed by atoms with Crippen LogP contribution in [-0.4, -0.2) is 30.6 Å². The number of hydrogen-bond donors (Lipinski definition) is 1. The molecule has 0 saturated carbocycles. The van der Waals surface area contributed by atoms with E-state index in [2.05, 4.69) is 30.6 Å². The molecule has 0 aliphatic carbocycles. The summed E-state index contributed by atoms with van der Waals surface area (Å²) in [5, 5.41) is 3.43. The Morgan fingerprint density at radius 3 is 2.44 bits per heavy atom. The largest absolute Gasteiger partial charge is 0.387 e. The van der Waals surface area contributed by atoms with Gasteiger partial charge < -0.3 is 5.32 Å². The van der Waals surface area contributed by atoms with Crippen molar-refractivity contribution in [2.45, 2.75) is 45.6 Å². The van der Waals surface area contributed by atoms with Crippen LogP contribution < -0.4 is 5.32 Å². The summed E-state index contributed by atoms with van der Waals surface area (Å²) >= 11 is 0. The minimum atomic E-state index is 0.763. The summed E-state index contributed by atoms with van der Waals surface area (Å²) in [5.41, 5.74) is 1.23. The number of allylic oxidation sites excluding steroid dienone is 1. The van der Waals surface area contributed by atoms with Crippen molar-refractivity contribution in [3.63, 3.8) is 0 Å². The minimum absolute atomic E-state index is 0.763. The molecule has 92 valence electrons. The minimum Gasteiger partial charge on any atom is -0.387 e. The highest BCUT2D eigenvalue weighted by Gasteiger charge is 2.27. The van der Waals surface area contributed by atoms with Gasteiger partial charge in [-0.25, -0.2) is 0 Å². The van der Waals surface area contributed by atoms with Gasteiger partial charge in [0.25, 0.3) is 0 Å². The molecular weight excluding hydrogens is 196 g/mol. The molecule has 0 aromatic rings. The van der Waals surface area contributed by atoms with Crippen LogP contribution in [0.5, 0.6) is 0 Å². The molecule has 2 rings (SSSR count). The van der Waals surface area contributed by atoms with Crippen molar-refractivity contribution < 1.29 is 0 Å². The third-order valence-corrected chi connectivity index (χ3v) is 4.40. The molecule has 16 heavy (non-hydrogen) atoms. The first-order valence-electron chi connectivity index (χ1n) is 6.82. The Balaban J connectivity index is 1.78. The topological polar surface area (TPSA) is 15.3 Å². The van der Waals surface area contributed by atoms with Crippen LogP contribution in [0.15, 0.2) is 12.3 Å². The standard InChI is InChI=1S/C14H26N2/c1-11(2)13-6-8-16(9-7-13)14-5-4-12(3)15-10-14/h11,13-15H,3-10H2,1-2H3. The fourth-order valence-electron chi connectivity index (χ4n) is 3.06. The van der Waals surface area contributed by atoms with Crippen molar-refractivity contribution in [1.29, 1.82) is 0 Å². The van der Waals surface area contributed by atoms with Gasteiger partial charge in [-0.1, -0.05) is 20.4 Å². The van der Waals surface area contributed by atoms with Crippen molar-refractivity contribution in [2.24, 2.45) is 11.8 Å². The predicted molar refractivity (Wildman–Crippen MR) is 69.3 cm³/mol. The molecule has 0 aromatic heterocycles. The van der Waals surface area contributed by atoms with Crippen LogP contribution in [0.1, 0.15) is 39.5 Å². The summed E-state index contributed by atoms with van der Waals surface area (Å²) in [7, 11) is 0. The number of likely N-dealkylation sites (tertiary alicyclic amines) is 1. The van der Waals surface area contributed by atoms with Gasteiger partial charge in [-0.05, 0) is 50.6 Å². The maximum absolute atomic E-state index is 4.00. The van der Waals surface area contributed by atoms with E-state index in [0.29, 0.717) is 0 Å². The van der Waals surface area contributed by atoms with Gasteiger partial charge in [0.2, 0.25) is 0 Å². The number of rotatable bonds is 2. The first kappa shape index (κ1) is 12.0. The number of nitrogens with one attached hydrogen (secondary N) is 1. The molecule has 0 aromatic carbocycles. The Hall–Kier alpha value is -0.500. The molecule has 1 N–H and O–H groups in total. The lowest BCUT2D eigenvalue weighted by molar-refractivity contribution is 0.104. The molecule has 1 atom stereocenters. The summed E-state index contributed by atoms with van der Waals surface area (Å²) < 4.78 is 0. The molecule has 0 spiro atoms. The quantitative estimate of drug-likeness (QED) is 0.772. The Kier molecular flexibility index (Phi) is 3.91. The summed E-state index contributed by atoms with van der Waals surface area (Å²) in [5.74, 6) is 1.83. The highest BCUT2D eigenvalue weighted by atomic mass is 15.2. The van der Waals surface area contributed by atoms with E-state index in [0.717, 1.165) is 30.8 Å². The van der Waals surface area contributed by atoms with E-state index in [1.165, 1.54) is 38.0 Å². The van der Waals surface area contributed by atoms with Crippen molar-refractivity contribution in [2.75, 3.05) is 19.6 Å². The summed E-state index contributed by atoms with van der Waals surface area (Å²) in [6, 6.07) is 0.763. The second-order valence-corrected chi connectivity index (χ2v) is 5.79. The third kappa shape index (κ3) is 2.79. The zero-order valence-corrected chi connectivity index (χ0v) is 10.8. The second kappa shape index (κ2) is 5.22. The zero-order chi connectivity index (χ0) is 11.5. The Labute approximate surface area is 100 Å². The molecule has 0 amide bonds. The van der Waals surface area contributed by atoms with Gasteiger partial charge in [-0.3, -0.25) is 4.90 Å². The smallest absolute Gasteiger partial charge is 0.0300 e.